The van der Waals surface area contributed by atoms with E-state index in [4.69, 9.17) is 0 Å². The standard InChI is InChI=1S/C12H9N3O4S/c16-8-7(9(17)14-12(20)13-8)15-10(18)5-3-1-2-4-6(5)11(15)19/h1-4,7,10,18H,(H2,13,14,16,17,20). The third kappa shape index (κ3) is 1.69. The van der Waals surface area contributed by atoms with Gasteiger partial charge in [-0.05, 0) is 18.3 Å². The Bertz CT molecular complexity index is 640. The molecule has 8 heteroatoms. The molecule has 20 heavy (non-hydrogen) atoms. The molecule has 3 rings (SSSR count). The van der Waals surface area contributed by atoms with E-state index in [0.717, 1.165) is 4.90 Å². The first-order chi connectivity index (χ1) is 9.50. The summed E-state index contributed by atoms with van der Waals surface area (Å²) >= 11 is 4.69. The minimum absolute atomic E-state index is 0.116. The zero-order valence-corrected chi connectivity index (χ0v) is 10.8. The molecule has 0 spiro atoms. The van der Waals surface area contributed by atoms with Gasteiger partial charge in [0.25, 0.3) is 17.7 Å². The van der Waals surface area contributed by atoms with E-state index in [-0.39, 0.29) is 10.7 Å². The van der Waals surface area contributed by atoms with Crippen LogP contribution < -0.4 is 10.6 Å². The van der Waals surface area contributed by atoms with Crippen molar-refractivity contribution < 1.29 is 19.5 Å². The number of thiocarbonyl (C=S) groups is 1. The third-order valence-corrected chi connectivity index (χ3v) is 3.42. The maximum Gasteiger partial charge on any atom is 0.258 e. The molecule has 3 N–H and O–H groups in total. The van der Waals surface area contributed by atoms with E-state index in [0.29, 0.717) is 5.56 Å². The van der Waals surface area contributed by atoms with Crippen molar-refractivity contribution in [3.63, 3.8) is 0 Å². The van der Waals surface area contributed by atoms with Gasteiger partial charge in [0, 0.05) is 11.1 Å². The number of carbonyl (C=O) groups excluding carboxylic acids is 3. The molecular formula is C12H9N3O4S. The lowest BCUT2D eigenvalue weighted by atomic mass is 10.1. The van der Waals surface area contributed by atoms with Gasteiger partial charge >= 0.3 is 0 Å². The maximum atomic E-state index is 12.3. The van der Waals surface area contributed by atoms with E-state index in [1.807, 2.05) is 0 Å². The summed E-state index contributed by atoms with van der Waals surface area (Å²) < 4.78 is 0. The summed E-state index contributed by atoms with van der Waals surface area (Å²) in [4.78, 5) is 36.9. The highest BCUT2D eigenvalue weighted by atomic mass is 32.1. The van der Waals surface area contributed by atoms with Crippen molar-refractivity contribution in [2.24, 2.45) is 0 Å². The fourth-order valence-corrected chi connectivity index (χ4v) is 2.54. The number of benzene rings is 1. The molecule has 0 aromatic heterocycles. The summed E-state index contributed by atoms with van der Waals surface area (Å²) in [6.07, 6.45) is -1.34. The molecule has 2 heterocycles. The minimum Gasteiger partial charge on any atom is -0.369 e. The van der Waals surface area contributed by atoms with Crippen molar-refractivity contribution >= 4 is 35.1 Å². The molecule has 7 nitrogen and oxygen atoms in total. The van der Waals surface area contributed by atoms with Crippen molar-refractivity contribution in [2.75, 3.05) is 0 Å². The Labute approximate surface area is 118 Å². The van der Waals surface area contributed by atoms with Crippen molar-refractivity contribution in [3.8, 4) is 0 Å². The number of amides is 3. The number of carbonyl (C=O) groups is 3. The molecule has 0 radical (unpaired) electrons. The van der Waals surface area contributed by atoms with E-state index in [1.165, 1.54) is 6.07 Å². The third-order valence-electron chi connectivity index (χ3n) is 3.22. The molecular weight excluding hydrogens is 282 g/mol. The van der Waals surface area contributed by atoms with Crippen molar-refractivity contribution in [3.05, 3.63) is 35.4 Å². The molecule has 0 bridgehead atoms. The Kier molecular flexibility index (Phi) is 2.77. The number of nitrogens with zero attached hydrogens (tertiary/aromatic N) is 1. The van der Waals surface area contributed by atoms with Gasteiger partial charge in [0.15, 0.2) is 17.4 Å². The molecule has 0 aliphatic carbocycles. The SMILES string of the molecule is O=C1NC(=S)NC(=O)C1N1C(=O)c2ccccc2C1O. The first-order valence-electron chi connectivity index (χ1n) is 5.76. The van der Waals surface area contributed by atoms with Gasteiger partial charge in [0.2, 0.25) is 0 Å². The second-order valence-corrected chi connectivity index (χ2v) is 4.79. The highest BCUT2D eigenvalue weighted by molar-refractivity contribution is 7.80. The van der Waals surface area contributed by atoms with Crippen LogP contribution in [0.25, 0.3) is 0 Å². The molecule has 1 unspecified atom stereocenters. The first kappa shape index (κ1) is 12.7. The smallest absolute Gasteiger partial charge is 0.258 e. The van der Waals surface area contributed by atoms with E-state index in [9.17, 15) is 19.5 Å². The molecule has 2 aliphatic rings. The summed E-state index contributed by atoms with van der Waals surface area (Å²) in [7, 11) is 0. The normalized spacial score (nSPS) is 22.6. The molecule has 1 saturated heterocycles. The average molecular weight is 291 g/mol. The predicted octanol–water partition coefficient (Wildman–Crippen LogP) is -0.967. The van der Waals surface area contributed by atoms with Gasteiger partial charge in [-0.25, -0.2) is 0 Å². The van der Waals surface area contributed by atoms with Gasteiger partial charge in [0.1, 0.15) is 0 Å². The summed E-state index contributed by atoms with van der Waals surface area (Å²) in [5.41, 5.74) is 0.639. The Balaban J connectivity index is 2.00. The Hall–Kier alpha value is -2.32. The summed E-state index contributed by atoms with van der Waals surface area (Å²) in [5, 5.41) is 14.6. The molecule has 1 aromatic rings. The Morgan fingerprint density at radius 1 is 1.10 bits per heavy atom. The molecule has 2 aliphatic heterocycles. The molecule has 1 atom stereocenters. The van der Waals surface area contributed by atoms with Crippen LogP contribution in [0.1, 0.15) is 22.1 Å². The van der Waals surface area contributed by atoms with Gasteiger partial charge in [-0.1, -0.05) is 18.2 Å². The number of aliphatic hydroxyl groups excluding tert-OH is 1. The second kappa shape index (κ2) is 4.36. The zero-order chi connectivity index (χ0) is 14.4. The predicted molar refractivity (Wildman–Crippen MR) is 70.2 cm³/mol. The van der Waals surface area contributed by atoms with Crippen LogP contribution >= 0.6 is 12.2 Å². The van der Waals surface area contributed by atoms with Crippen LogP contribution in [0.2, 0.25) is 0 Å². The molecule has 3 amide bonds. The number of hydrogen-bond acceptors (Lipinski definition) is 5. The van der Waals surface area contributed by atoms with Crippen LogP contribution in [-0.4, -0.2) is 38.9 Å². The van der Waals surface area contributed by atoms with Crippen molar-refractivity contribution in [1.29, 1.82) is 0 Å². The fraction of sp³-hybridized carbons (Fsp3) is 0.167. The summed E-state index contributed by atoms with van der Waals surface area (Å²) in [5.74, 6) is -2.05. The quantitative estimate of drug-likeness (QED) is 0.457. The molecule has 1 aromatic carbocycles. The number of nitrogens with one attached hydrogen (secondary N) is 2. The molecule has 0 saturated carbocycles. The summed E-state index contributed by atoms with van der Waals surface area (Å²) in [6.45, 7) is 0. The van der Waals surface area contributed by atoms with Crippen molar-refractivity contribution in [1.82, 2.24) is 15.5 Å². The van der Waals surface area contributed by atoms with Crippen LogP contribution in [-0.2, 0) is 9.59 Å². The number of fused-ring (bicyclic) bond motifs is 1. The monoisotopic (exact) mass is 291 g/mol. The lowest BCUT2D eigenvalue weighted by Gasteiger charge is -2.31. The van der Waals surface area contributed by atoms with E-state index in [2.05, 4.69) is 22.9 Å². The van der Waals surface area contributed by atoms with Gasteiger partial charge < -0.3 is 15.7 Å². The average Bonchev–Trinajstić information content (AvgIpc) is 2.64. The lowest BCUT2D eigenvalue weighted by molar-refractivity contribution is -0.140. The van der Waals surface area contributed by atoms with Crippen LogP contribution in [0.5, 0.6) is 0 Å². The minimum atomic E-state index is -1.45. The van der Waals surface area contributed by atoms with Crippen LogP contribution in [0.15, 0.2) is 24.3 Å². The zero-order valence-electron chi connectivity index (χ0n) is 9.99. The van der Waals surface area contributed by atoms with E-state index in [1.54, 1.807) is 18.2 Å². The van der Waals surface area contributed by atoms with Crippen LogP contribution in [0.4, 0.5) is 0 Å². The number of hydrogen-bond donors (Lipinski definition) is 3. The van der Waals surface area contributed by atoms with Crippen LogP contribution in [0, 0.1) is 0 Å². The molecule has 1 fully saturated rings. The fourth-order valence-electron chi connectivity index (χ4n) is 2.34. The van der Waals surface area contributed by atoms with E-state index < -0.39 is 30.0 Å². The highest BCUT2D eigenvalue weighted by Gasteiger charge is 2.47. The van der Waals surface area contributed by atoms with Gasteiger partial charge in [-0.2, -0.15) is 0 Å². The number of rotatable bonds is 1. The van der Waals surface area contributed by atoms with Gasteiger partial charge in [-0.15, -0.1) is 0 Å². The second-order valence-electron chi connectivity index (χ2n) is 4.38. The number of aliphatic hydroxyl groups is 1. The van der Waals surface area contributed by atoms with Gasteiger partial charge in [-0.3, -0.25) is 19.3 Å². The topological polar surface area (TPSA) is 98.7 Å². The Morgan fingerprint density at radius 2 is 1.70 bits per heavy atom. The summed E-state index contributed by atoms with van der Waals surface area (Å²) in [6, 6.07) is 4.96. The highest BCUT2D eigenvalue weighted by Crippen LogP contribution is 2.33. The van der Waals surface area contributed by atoms with E-state index >= 15 is 0 Å². The van der Waals surface area contributed by atoms with Crippen molar-refractivity contribution in [2.45, 2.75) is 12.3 Å². The lowest BCUT2D eigenvalue weighted by Crippen LogP contribution is -2.64. The first-order valence-corrected chi connectivity index (χ1v) is 6.17. The molecule has 102 valence electrons. The Morgan fingerprint density at radius 3 is 2.30 bits per heavy atom. The van der Waals surface area contributed by atoms with Gasteiger partial charge in [0.05, 0.1) is 0 Å². The van der Waals surface area contributed by atoms with Crippen LogP contribution in [0.3, 0.4) is 0 Å². The largest absolute Gasteiger partial charge is 0.369 e. The maximum absolute atomic E-state index is 12.3.